The van der Waals surface area contributed by atoms with Gasteiger partial charge in [-0.05, 0) is 75.4 Å². The summed E-state index contributed by atoms with van der Waals surface area (Å²) in [4.78, 5) is 24.9. The van der Waals surface area contributed by atoms with E-state index in [0.29, 0.717) is 23.5 Å². The van der Waals surface area contributed by atoms with Crippen LogP contribution in [0.4, 0.5) is 16.2 Å². The van der Waals surface area contributed by atoms with Gasteiger partial charge in [-0.2, -0.15) is 4.57 Å². The lowest BCUT2D eigenvalue weighted by atomic mass is 9.94. The number of amides is 2. The number of hydrogen-bond acceptors (Lipinski definition) is 4. The quantitative estimate of drug-likeness (QED) is 0.281. The molecule has 7 heteroatoms. The molecule has 0 radical (unpaired) electrons. The fourth-order valence-corrected chi connectivity index (χ4v) is 4.63. The molecule has 2 aromatic carbocycles. The van der Waals surface area contributed by atoms with Crippen molar-refractivity contribution in [2.75, 3.05) is 10.6 Å². The zero-order chi connectivity index (χ0) is 24.1. The molecule has 174 valence electrons. The zero-order valence-electron chi connectivity index (χ0n) is 19.4. The van der Waals surface area contributed by atoms with Crippen LogP contribution in [0.1, 0.15) is 48.3 Å². The number of benzene rings is 2. The van der Waals surface area contributed by atoms with Gasteiger partial charge in [0.2, 0.25) is 12.1 Å². The van der Waals surface area contributed by atoms with Crippen LogP contribution in [0.15, 0.2) is 48.5 Å². The number of anilines is 2. The van der Waals surface area contributed by atoms with Gasteiger partial charge in [-0.25, -0.2) is 0 Å². The van der Waals surface area contributed by atoms with Crippen molar-refractivity contribution in [2.45, 2.75) is 52.2 Å². The molecular formula is C27H28N3O3S+. The number of hydrogen-bond donors (Lipinski definition) is 2. The molecule has 4 rings (SSSR count). The summed E-state index contributed by atoms with van der Waals surface area (Å²) in [7, 11) is 0. The van der Waals surface area contributed by atoms with Crippen LogP contribution in [0.25, 0.3) is 10.9 Å². The van der Waals surface area contributed by atoms with Gasteiger partial charge in [-0.1, -0.05) is 6.07 Å². The minimum absolute atomic E-state index is 0.0682. The van der Waals surface area contributed by atoms with Gasteiger partial charge in [0.15, 0.2) is 5.69 Å². The SMILES string of the molecule is C#CC[n+]1c2c(cc3cc(NC(=O)c4cccc(NC(=O)SOC(C)C)c4)ccc31)CCCC2. The largest absolute Gasteiger partial charge is 0.322 e. The van der Waals surface area contributed by atoms with Crippen molar-refractivity contribution in [1.29, 1.82) is 0 Å². The third kappa shape index (κ3) is 5.58. The molecule has 0 spiro atoms. The van der Waals surface area contributed by atoms with Gasteiger partial charge < -0.3 is 14.8 Å². The molecule has 1 heterocycles. The Morgan fingerprint density at radius 3 is 2.68 bits per heavy atom. The summed E-state index contributed by atoms with van der Waals surface area (Å²) < 4.78 is 7.46. The predicted octanol–water partition coefficient (Wildman–Crippen LogP) is 5.50. The van der Waals surface area contributed by atoms with Crippen LogP contribution in [-0.4, -0.2) is 17.3 Å². The Morgan fingerprint density at radius 2 is 1.88 bits per heavy atom. The highest BCUT2D eigenvalue weighted by molar-refractivity contribution is 8.09. The van der Waals surface area contributed by atoms with E-state index in [1.807, 2.05) is 32.0 Å². The first-order valence-electron chi connectivity index (χ1n) is 11.4. The van der Waals surface area contributed by atoms with Crippen molar-refractivity contribution in [3.05, 3.63) is 65.4 Å². The summed E-state index contributed by atoms with van der Waals surface area (Å²) in [5, 5.41) is 6.41. The second-order valence-electron chi connectivity index (χ2n) is 8.56. The number of aromatic nitrogens is 1. The first-order chi connectivity index (χ1) is 16.4. The summed E-state index contributed by atoms with van der Waals surface area (Å²) in [6.07, 6.45) is 10.0. The van der Waals surface area contributed by atoms with Gasteiger partial charge in [-0.15, -0.1) is 6.42 Å². The minimum Gasteiger partial charge on any atom is -0.322 e. The number of carbonyl (C=O) groups is 2. The van der Waals surface area contributed by atoms with Gasteiger partial charge in [0, 0.05) is 40.4 Å². The van der Waals surface area contributed by atoms with Gasteiger partial charge >= 0.3 is 5.24 Å². The summed E-state index contributed by atoms with van der Waals surface area (Å²) >= 11 is 0.747. The summed E-state index contributed by atoms with van der Waals surface area (Å²) in [6.45, 7) is 4.23. The van der Waals surface area contributed by atoms with E-state index >= 15 is 0 Å². The molecule has 6 nitrogen and oxygen atoms in total. The Kier molecular flexibility index (Phi) is 7.51. The molecule has 0 atom stereocenters. The van der Waals surface area contributed by atoms with Crippen molar-refractivity contribution >= 4 is 45.5 Å². The monoisotopic (exact) mass is 474 g/mol. The van der Waals surface area contributed by atoms with E-state index in [2.05, 4.69) is 27.2 Å². The molecule has 1 aromatic heterocycles. The lowest BCUT2D eigenvalue weighted by Crippen LogP contribution is -2.41. The lowest BCUT2D eigenvalue weighted by Gasteiger charge is -2.16. The number of nitrogens with one attached hydrogen (secondary N) is 2. The molecule has 0 aliphatic heterocycles. The van der Waals surface area contributed by atoms with E-state index < -0.39 is 0 Å². The Labute approximate surface area is 204 Å². The molecule has 2 N–H and O–H groups in total. The Bertz CT molecular complexity index is 1280. The normalized spacial score (nSPS) is 12.8. The van der Waals surface area contributed by atoms with Gasteiger partial charge in [0.1, 0.15) is 0 Å². The average molecular weight is 475 g/mol. The molecule has 0 unspecified atom stereocenters. The standard InChI is InChI=1S/C27H27N3O3S/c1-4-14-30-24-11-6-5-8-19(24)15-21-17-23(12-13-25(21)30)28-26(31)20-9-7-10-22(16-20)29-27(32)34-33-18(2)3/h1,7,9-10,12-13,15-18H,5-6,8,11,14H2,2-3H3,(H-,28,29,31,32)/p+1. The molecule has 1 aliphatic carbocycles. The van der Waals surface area contributed by atoms with E-state index in [0.717, 1.165) is 35.8 Å². The van der Waals surface area contributed by atoms with Gasteiger partial charge in [0.25, 0.3) is 5.91 Å². The van der Waals surface area contributed by atoms with Crippen molar-refractivity contribution < 1.29 is 18.3 Å². The zero-order valence-corrected chi connectivity index (χ0v) is 20.2. The lowest BCUT2D eigenvalue weighted by molar-refractivity contribution is -0.667. The predicted molar refractivity (Wildman–Crippen MR) is 137 cm³/mol. The van der Waals surface area contributed by atoms with E-state index in [1.165, 1.54) is 24.1 Å². The molecule has 3 aromatic rings. The van der Waals surface area contributed by atoms with Crippen molar-refractivity contribution in [3.63, 3.8) is 0 Å². The second kappa shape index (κ2) is 10.7. The first-order valence-corrected chi connectivity index (χ1v) is 12.2. The van der Waals surface area contributed by atoms with Crippen molar-refractivity contribution in [3.8, 4) is 12.3 Å². The summed E-state index contributed by atoms with van der Waals surface area (Å²) in [6, 6.07) is 14.9. The van der Waals surface area contributed by atoms with Crippen LogP contribution in [0.2, 0.25) is 0 Å². The molecule has 0 fully saturated rings. The Hall–Kier alpha value is -3.34. The topological polar surface area (TPSA) is 71.3 Å². The Balaban J connectivity index is 1.53. The van der Waals surface area contributed by atoms with Crippen LogP contribution >= 0.6 is 12.0 Å². The fraction of sp³-hybridized carbons (Fsp3) is 0.296. The number of rotatable bonds is 6. The van der Waals surface area contributed by atoms with Crippen molar-refractivity contribution in [1.82, 2.24) is 0 Å². The maximum atomic E-state index is 12.9. The van der Waals surface area contributed by atoms with Crippen molar-refractivity contribution in [2.24, 2.45) is 0 Å². The molecule has 1 aliphatic rings. The Morgan fingerprint density at radius 1 is 1.09 bits per heavy atom. The third-order valence-electron chi connectivity index (χ3n) is 5.65. The number of terminal acetylenes is 1. The van der Waals surface area contributed by atoms with Crippen LogP contribution in [0.3, 0.4) is 0 Å². The highest BCUT2D eigenvalue weighted by Gasteiger charge is 2.23. The summed E-state index contributed by atoms with van der Waals surface area (Å²) in [5.41, 5.74) is 5.40. The smallest absolute Gasteiger partial charge is 0.310 e. The number of pyridine rings is 1. The van der Waals surface area contributed by atoms with Crippen LogP contribution in [0.5, 0.6) is 0 Å². The summed E-state index contributed by atoms with van der Waals surface area (Å²) in [5.74, 6) is 2.53. The fourth-order valence-electron chi connectivity index (χ4n) is 4.20. The molecule has 0 saturated carbocycles. The highest BCUT2D eigenvalue weighted by Crippen LogP contribution is 2.25. The molecule has 0 saturated heterocycles. The van der Waals surface area contributed by atoms with Gasteiger partial charge in [-0.3, -0.25) is 9.59 Å². The highest BCUT2D eigenvalue weighted by atomic mass is 32.2. The van der Waals surface area contributed by atoms with Crippen LogP contribution in [-0.2, 0) is 23.6 Å². The van der Waals surface area contributed by atoms with E-state index in [9.17, 15) is 9.59 Å². The third-order valence-corrected chi connectivity index (χ3v) is 6.38. The molecular weight excluding hydrogens is 446 g/mol. The molecule has 2 amide bonds. The van der Waals surface area contributed by atoms with Crippen LogP contribution in [0, 0.1) is 12.3 Å². The van der Waals surface area contributed by atoms with E-state index in [1.54, 1.807) is 24.3 Å². The maximum absolute atomic E-state index is 12.9. The molecule has 0 bridgehead atoms. The minimum atomic E-state index is -0.343. The number of aryl methyl sites for hydroxylation is 1. The van der Waals surface area contributed by atoms with Gasteiger partial charge in [0.05, 0.1) is 18.1 Å². The average Bonchev–Trinajstić information content (AvgIpc) is 2.82. The number of carbonyl (C=O) groups excluding carboxylic acids is 2. The maximum Gasteiger partial charge on any atom is 0.310 e. The van der Waals surface area contributed by atoms with Crippen LogP contribution < -0.4 is 15.2 Å². The number of fused-ring (bicyclic) bond motifs is 2. The molecule has 34 heavy (non-hydrogen) atoms. The van der Waals surface area contributed by atoms with E-state index in [4.69, 9.17) is 10.6 Å². The number of nitrogens with zero attached hydrogens (tertiary/aromatic N) is 1. The first kappa shape index (κ1) is 23.8. The van der Waals surface area contributed by atoms with E-state index in [-0.39, 0.29) is 17.3 Å². The second-order valence-corrected chi connectivity index (χ2v) is 9.29.